The van der Waals surface area contributed by atoms with Gasteiger partial charge in [-0.15, -0.1) is 0 Å². The Kier molecular flexibility index (Phi) is 38.4. The van der Waals surface area contributed by atoms with E-state index in [0.717, 1.165) is 58.5 Å². The minimum Gasteiger partial charge on any atom is -0.395 e. The first-order chi connectivity index (χ1) is 25.1. The molecule has 0 spiro atoms. The van der Waals surface area contributed by atoms with Gasteiger partial charge in [0, 0.05) is 25.9 Å². The van der Waals surface area contributed by atoms with E-state index < -0.39 is 15.9 Å². The number of unbranched alkanes of at least 4 members (excludes halogenated alkanes) is 22. The smallest absolute Gasteiger partial charge is 0.395 e. The Morgan fingerprint density at radius 3 is 1.17 bits per heavy atom. The molecule has 308 valence electrons. The molecule has 0 saturated carbocycles. The molecule has 0 fully saturated rings. The van der Waals surface area contributed by atoms with E-state index in [1.54, 1.807) is 11.9 Å². The number of likely N-dealkylation sites (N-methyl/N-ethyl adjacent to an activating group) is 1. The largest absolute Gasteiger partial charge is 0.397 e. The number of nitrogens with two attached hydrogens (primary N) is 1. The first-order valence-electron chi connectivity index (χ1n) is 21.0. The lowest BCUT2D eigenvalue weighted by molar-refractivity contribution is -0.143. The van der Waals surface area contributed by atoms with Crippen LogP contribution in [0.2, 0.25) is 0 Å². The number of carbonyl (C=O) groups excluding carboxylic acids is 2. The van der Waals surface area contributed by atoms with Crippen LogP contribution < -0.4 is 5.73 Å². The highest BCUT2D eigenvalue weighted by Crippen LogP contribution is 2.23. The maximum Gasteiger partial charge on any atom is 0.397 e. The summed E-state index contributed by atoms with van der Waals surface area (Å²) in [5.41, 5.74) is 4.87. The summed E-state index contributed by atoms with van der Waals surface area (Å²) in [5, 5.41) is 9.58. The summed E-state index contributed by atoms with van der Waals surface area (Å²) in [7, 11) is -1.53. The Morgan fingerprint density at radius 1 is 0.615 bits per heavy atom. The van der Waals surface area contributed by atoms with Crippen molar-refractivity contribution in [2.75, 3.05) is 33.9 Å². The molecular weight excluding hydrogens is 677 g/mol. The van der Waals surface area contributed by atoms with E-state index in [1.807, 2.05) is 0 Å². The van der Waals surface area contributed by atoms with Crippen LogP contribution in [0.1, 0.15) is 194 Å². The standard InChI is InChI=1S/C41H78N2O3.CH4O4S/c1-4-6-8-10-12-14-16-18-20-22-24-26-28-30-32-34-39(45)41(38-42,43(3)36-37-44)40(46)35-33-31-29-27-25-23-21-19-17-15-13-11-9-7-5-2;1-5-6(2,3)4/h18-21,44H,4-17,22-38,42H2,1-3H3;1H3,(H,2,3,4)/b20-18-,21-19-;. The molecule has 0 saturated heterocycles. The van der Waals surface area contributed by atoms with E-state index >= 15 is 0 Å². The molecule has 0 unspecified atom stereocenters. The van der Waals surface area contributed by atoms with Crippen molar-refractivity contribution in [1.29, 1.82) is 0 Å². The Morgan fingerprint density at radius 2 is 0.904 bits per heavy atom. The molecule has 0 aromatic heterocycles. The fraction of sp³-hybridized carbons (Fsp3) is 0.857. The van der Waals surface area contributed by atoms with Crippen molar-refractivity contribution in [3.8, 4) is 0 Å². The van der Waals surface area contributed by atoms with Crippen LogP contribution in [0.3, 0.4) is 0 Å². The number of rotatable bonds is 37. The van der Waals surface area contributed by atoms with Gasteiger partial charge < -0.3 is 10.8 Å². The SMILES string of the molecule is CCCCCCCC/C=C\CCCCCCCC(=O)C(CN)(C(=O)CCCCCCC/C=C\CCCCCCCC)N(C)CCO.COS(=O)(=O)O. The van der Waals surface area contributed by atoms with Crippen LogP contribution >= 0.6 is 0 Å². The van der Waals surface area contributed by atoms with Crippen LogP contribution in [0.5, 0.6) is 0 Å². The van der Waals surface area contributed by atoms with Gasteiger partial charge in [-0.25, -0.2) is 0 Å². The molecule has 0 heterocycles. The Labute approximate surface area is 320 Å². The second-order valence-electron chi connectivity index (χ2n) is 14.3. The number of allylic oxidation sites excluding steroid dienone is 4. The fourth-order valence-corrected chi connectivity index (χ4v) is 6.43. The zero-order valence-corrected chi connectivity index (χ0v) is 34.9. The fourth-order valence-electron chi connectivity index (χ4n) is 6.43. The molecule has 0 aromatic rings. The quantitative estimate of drug-likeness (QED) is 0.0244. The monoisotopic (exact) mass is 759 g/mol. The zero-order valence-electron chi connectivity index (χ0n) is 34.1. The van der Waals surface area contributed by atoms with Gasteiger partial charge in [0.15, 0.2) is 17.1 Å². The van der Waals surface area contributed by atoms with Crippen molar-refractivity contribution in [3.05, 3.63) is 24.3 Å². The summed E-state index contributed by atoms with van der Waals surface area (Å²) in [6.07, 6.45) is 41.6. The van der Waals surface area contributed by atoms with Gasteiger partial charge in [0.2, 0.25) is 0 Å². The van der Waals surface area contributed by atoms with Crippen molar-refractivity contribution >= 4 is 22.0 Å². The van der Waals surface area contributed by atoms with Crippen molar-refractivity contribution in [1.82, 2.24) is 4.90 Å². The van der Waals surface area contributed by atoms with Crippen LogP contribution in [-0.4, -0.2) is 73.9 Å². The molecule has 4 N–H and O–H groups in total. The average Bonchev–Trinajstić information content (AvgIpc) is 3.12. The van der Waals surface area contributed by atoms with Crippen molar-refractivity contribution < 1.29 is 31.8 Å². The van der Waals surface area contributed by atoms with Gasteiger partial charge in [0.05, 0.1) is 13.7 Å². The molecule has 0 aliphatic heterocycles. The summed E-state index contributed by atoms with van der Waals surface area (Å²) < 4.78 is 29.7. The van der Waals surface area contributed by atoms with Gasteiger partial charge in [-0.05, 0) is 71.3 Å². The number of hydrogen-bond donors (Lipinski definition) is 3. The summed E-state index contributed by atoms with van der Waals surface area (Å²) in [6, 6.07) is 0. The Hall–Kier alpha value is -1.43. The summed E-state index contributed by atoms with van der Waals surface area (Å²) >= 11 is 0. The first-order valence-corrected chi connectivity index (χ1v) is 22.4. The molecule has 52 heavy (non-hydrogen) atoms. The number of aliphatic hydroxyl groups is 1. The van der Waals surface area contributed by atoms with Crippen LogP contribution in [0, 0.1) is 0 Å². The summed E-state index contributed by atoms with van der Waals surface area (Å²) in [6.45, 7) is 4.68. The van der Waals surface area contributed by atoms with Gasteiger partial charge in [0.1, 0.15) is 0 Å². The summed E-state index contributed by atoms with van der Waals surface area (Å²) in [4.78, 5) is 28.7. The molecule has 0 aliphatic carbocycles. The van der Waals surface area contributed by atoms with Crippen LogP contribution in [-0.2, 0) is 24.2 Å². The van der Waals surface area contributed by atoms with E-state index in [4.69, 9.17) is 10.3 Å². The molecule has 0 amide bonds. The maximum atomic E-state index is 13.5. The van der Waals surface area contributed by atoms with Gasteiger partial charge in [-0.1, -0.05) is 141 Å². The predicted molar refractivity (Wildman–Crippen MR) is 219 cm³/mol. The van der Waals surface area contributed by atoms with Gasteiger partial charge >= 0.3 is 10.4 Å². The lowest BCUT2D eigenvalue weighted by atomic mass is 9.82. The van der Waals surface area contributed by atoms with E-state index in [0.29, 0.717) is 12.8 Å². The van der Waals surface area contributed by atoms with Crippen molar-refractivity contribution in [3.63, 3.8) is 0 Å². The van der Waals surface area contributed by atoms with E-state index in [9.17, 15) is 23.1 Å². The molecule has 10 heteroatoms. The number of aliphatic hydroxyl groups excluding tert-OH is 1. The molecular formula is C42H82N2O7S. The third-order valence-corrected chi connectivity index (χ3v) is 10.3. The maximum absolute atomic E-state index is 13.5. The Balaban J connectivity index is 0. The number of ketones is 2. The van der Waals surface area contributed by atoms with Gasteiger partial charge in [-0.2, -0.15) is 8.42 Å². The van der Waals surface area contributed by atoms with Crippen LogP contribution in [0.25, 0.3) is 0 Å². The highest BCUT2D eigenvalue weighted by atomic mass is 32.3. The van der Waals surface area contributed by atoms with Crippen molar-refractivity contribution in [2.45, 2.75) is 199 Å². The second kappa shape index (κ2) is 37.9. The van der Waals surface area contributed by atoms with Gasteiger partial charge in [0.25, 0.3) is 0 Å². The first kappa shape index (κ1) is 52.7. The minimum atomic E-state index is -4.16. The van der Waals surface area contributed by atoms with E-state index in [1.165, 1.54) is 116 Å². The van der Waals surface area contributed by atoms with Crippen molar-refractivity contribution in [2.24, 2.45) is 5.73 Å². The minimum absolute atomic E-state index is 0.0166. The Bertz CT molecular complexity index is 933. The zero-order chi connectivity index (χ0) is 39.2. The van der Waals surface area contributed by atoms with Crippen LogP contribution in [0.4, 0.5) is 0 Å². The van der Waals surface area contributed by atoms with E-state index in [-0.39, 0.29) is 31.3 Å². The normalized spacial score (nSPS) is 12.2. The molecule has 0 aliphatic rings. The number of nitrogens with zero attached hydrogens (tertiary/aromatic N) is 1. The molecule has 0 atom stereocenters. The highest BCUT2D eigenvalue weighted by Gasteiger charge is 2.46. The van der Waals surface area contributed by atoms with E-state index in [2.05, 4.69) is 42.3 Å². The van der Waals surface area contributed by atoms with Crippen LogP contribution in [0.15, 0.2) is 24.3 Å². The summed E-state index contributed by atoms with van der Waals surface area (Å²) in [5.74, 6) is -0.136. The number of hydrogen-bond acceptors (Lipinski definition) is 8. The number of Topliss-reactive ketones (excluding diaryl/α,β-unsaturated/α-hetero) is 2. The molecule has 0 bridgehead atoms. The predicted octanol–water partition coefficient (Wildman–Crippen LogP) is 10.3. The lowest BCUT2D eigenvalue weighted by Crippen LogP contribution is -2.63. The molecule has 0 rings (SSSR count). The third-order valence-electron chi connectivity index (χ3n) is 9.85. The average molecular weight is 759 g/mol. The lowest BCUT2D eigenvalue weighted by Gasteiger charge is -2.38. The molecule has 9 nitrogen and oxygen atoms in total. The molecule has 0 radical (unpaired) electrons. The van der Waals surface area contributed by atoms with Gasteiger partial charge in [-0.3, -0.25) is 23.2 Å². The topological polar surface area (TPSA) is 147 Å². The number of β-amino-alcohol motifs (C(OH)–C–C–N with tert-alkyl or cyclic N) is 1. The highest BCUT2D eigenvalue weighted by molar-refractivity contribution is 7.80. The third kappa shape index (κ3) is 31.0. The number of carbonyl (C=O) groups is 2. The second-order valence-corrected chi connectivity index (χ2v) is 15.5. The molecule has 0 aromatic carbocycles.